The third-order valence-corrected chi connectivity index (χ3v) is 5.73. The molecule has 3 aromatic heterocycles. The van der Waals surface area contributed by atoms with E-state index >= 15 is 0 Å². The summed E-state index contributed by atoms with van der Waals surface area (Å²) in [4.78, 5) is 26.9. The molecule has 0 unspecified atom stereocenters. The number of fused-ring (bicyclic) bond motifs is 3. The zero-order valence-corrected chi connectivity index (χ0v) is 19.2. The first-order chi connectivity index (χ1) is 14.3. The van der Waals surface area contributed by atoms with Gasteiger partial charge in [-0.25, -0.2) is 15.0 Å². The Hall–Kier alpha value is -2.22. The molecule has 3 aromatic rings. The Morgan fingerprint density at radius 2 is 1.73 bits per heavy atom. The molecule has 0 aliphatic heterocycles. The molecule has 30 heavy (non-hydrogen) atoms. The summed E-state index contributed by atoms with van der Waals surface area (Å²) in [6, 6.07) is 0. The molecule has 0 amide bonds. The van der Waals surface area contributed by atoms with Gasteiger partial charge in [-0.3, -0.25) is 0 Å². The second-order valence-corrected chi connectivity index (χ2v) is 9.19. The fourth-order valence-electron chi connectivity index (χ4n) is 3.52. The molecule has 3 heterocycles. The minimum atomic E-state index is -0.500. The maximum Gasteiger partial charge on any atom is 0.124 e. The summed E-state index contributed by atoms with van der Waals surface area (Å²) in [6.45, 7) is 7.22. The lowest BCUT2D eigenvalue weighted by Gasteiger charge is -2.15. The number of carbonyl (C=O) groups excluding carboxylic acids is 1. The van der Waals surface area contributed by atoms with Gasteiger partial charge in [0.2, 0.25) is 0 Å². The first kappa shape index (κ1) is 24.1. The van der Waals surface area contributed by atoms with Crippen molar-refractivity contribution in [2.24, 2.45) is 0 Å². The van der Waals surface area contributed by atoms with Crippen LogP contribution in [0.1, 0.15) is 55.3 Å². The van der Waals surface area contributed by atoms with Gasteiger partial charge in [0.15, 0.2) is 0 Å². The van der Waals surface area contributed by atoms with E-state index in [4.69, 9.17) is 15.2 Å². The molecule has 1 aliphatic rings. The van der Waals surface area contributed by atoms with Crippen LogP contribution in [-0.4, -0.2) is 44.2 Å². The minimum absolute atomic E-state index is 0.379. The van der Waals surface area contributed by atoms with Crippen LogP contribution in [0, 0.1) is 6.92 Å². The van der Waals surface area contributed by atoms with Gasteiger partial charge >= 0.3 is 0 Å². The lowest BCUT2D eigenvalue weighted by atomic mass is 9.90. The van der Waals surface area contributed by atoms with Crippen LogP contribution in [0.3, 0.4) is 0 Å². The molecule has 162 valence electrons. The van der Waals surface area contributed by atoms with E-state index < -0.39 is 5.60 Å². The first-order valence-corrected chi connectivity index (χ1v) is 10.9. The molecular weight excluding hydrogens is 398 g/mol. The highest BCUT2D eigenvalue weighted by Gasteiger charge is 2.23. The quantitative estimate of drug-likeness (QED) is 0.609. The van der Waals surface area contributed by atoms with Crippen molar-refractivity contribution in [3.05, 3.63) is 40.4 Å². The van der Waals surface area contributed by atoms with Gasteiger partial charge in [-0.1, -0.05) is 0 Å². The van der Waals surface area contributed by atoms with E-state index in [0.717, 1.165) is 53.5 Å². The summed E-state index contributed by atoms with van der Waals surface area (Å²) in [7, 11) is 1.00. The molecule has 0 fully saturated rings. The highest BCUT2D eigenvalue weighted by Crippen LogP contribution is 2.42. The van der Waals surface area contributed by atoms with Gasteiger partial charge in [-0.05, 0) is 64.5 Å². The van der Waals surface area contributed by atoms with E-state index in [1.54, 1.807) is 20.8 Å². The van der Waals surface area contributed by atoms with Gasteiger partial charge in [0, 0.05) is 53.0 Å². The summed E-state index contributed by atoms with van der Waals surface area (Å²) in [6.07, 6.45) is 11.3. The molecule has 0 bridgehead atoms. The van der Waals surface area contributed by atoms with Crippen molar-refractivity contribution in [2.45, 2.75) is 65.4 Å². The lowest BCUT2D eigenvalue weighted by Crippen LogP contribution is -2.10. The normalized spacial score (nSPS) is 12.9. The van der Waals surface area contributed by atoms with Crippen molar-refractivity contribution in [1.82, 2.24) is 15.0 Å². The van der Waals surface area contributed by atoms with Crippen LogP contribution < -0.4 is 0 Å². The van der Waals surface area contributed by atoms with Gasteiger partial charge in [0.1, 0.15) is 17.4 Å². The maximum atomic E-state index is 11.2. The summed E-state index contributed by atoms with van der Waals surface area (Å²) in [5.41, 5.74) is 4.95. The van der Waals surface area contributed by atoms with Crippen LogP contribution in [0.15, 0.2) is 18.7 Å². The molecule has 0 spiro atoms. The predicted octanol–water partition coefficient (Wildman–Crippen LogP) is 4.07. The van der Waals surface area contributed by atoms with Crippen molar-refractivity contribution >= 4 is 27.8 Å². The predicted molar refractivity (Wildman–Crippen MR) is 122 cm³/mol. The number of aromatic nitrogens is 3. The van der Waals surface area contributed by atoms with E-state index in [1.807, 2.05) is 30.7 Å². The summed E-state index contributed by atoms with van der Waals surface area (Å²) in [5.74, 6) is 0. The molecule has 0 atom stereocenters. The van der Waals surface area contributed by atoms with Gasteiger partial charge in [0.05, 0.1) is 5.60 Å². The zero-order chi connectivity index (χ0) is 22.3. The number of aliphatic hydroxyl groups is 2. The average Bonchev–Trinajstić information content (AvgIpc) is 3.07. The van der Waals surface area contributed by atoms with Crippen LogP contribution in [0.4, 0.5) is 0 Å². The Balaban J connectivity index is 0.000000404. The van der Waals surface area contributed by atoms with Crippen molar-refractivity contribution in [3.8, 4) is 11.1 Å². The lowest BCUT2D eigenvalue weighted by molar-refractivity contribution is -0.107. The molecule has 0 saturated heterocycles. The molecule has 6 nitrogen and oxygen atoms in total. The number of hydrogen-bond donors (Lipinski definition) is 2. The smallest absolute Gasteiger partial charge is 0.124 e. The number of carbonyl (C=O) groups is 1. The molecule has 0 saturated carbocycles. The number of aldehydes is 1. The number of nitrogens with zero attached hydrogens (tertiary/aromatic N) is 3. The number of aliphatic hydroxyl groups excluding tert-OH is 1. The molecule has 0 aromatic carbocycles. The van der Waals surface area contributed by atoms with Crippen LogP contribution in [-0.2, 0) is 24.1 Å². The van der Waals surface area contributed by atoms with E-state index in [0.29, 0.717) is 6.42 Å². The third-order valence-electron chi connectivity index (χ3n) is 4.55. The monoisotopic (exact) mass is 429 g/mol. The van der Waals surface area contributed by atoms with Gasteiger partial charge < -0.3 is 15.0 Å². The Bertz CT molecular complexity index is 973. The summed E-state index contributed by atoms with van der Waals surface area (Å²) < 4.78 is 0. The Kier molecular flexibility index (Phi) is 8.58. The van der Waals surface area contributed by atoms with Crippen molar-refractivity contribution in [2.75, 3.05) is 7.11 Å². The SMILES string of the molecule is CC(C)(C)O.CO.Cc1nc2sc3c(c2c(-c2cncnc2)c1CC=O)CCCC3. The molecule has 7 heteroatoms. The van der Waals surface area contributed by atoms with Crippen LogP contribution >= 0.6 is 11.3 Å². The third kappa shape index (κ3) is 5.90. The van der Waals surface area contributed by atoms with Crippen molar-refractivity contribution < 1.29 is 15.0 Å². The van der Waals surface area contributed by atoms with Gasteiger partial charge in [-0.2, -0.15) is 0 Å². The Morgan fingerprint density at radius 3 is 2.33 bits per heavy atom. The van der Waals surface area contributed by atoms with Crippen LogP contribution in [0.2, 0.25) is 0 Å². The largest absolute Gasteiger partial charge is 0.400 e. The second kappa shape index (κ2) is 10.7. The Morgan fingerprint density at radius 1 is 1.13 bits per heavy atom. The van der Waals surface area contributed by atoms with Gasteiger partial charge in [-0.15, -0.1) is 11.3 Å². The van der Waals surface area contributed by atoms with Gasteiger partial charge in [0.25, 0.3) is 0 Å². The van der Waals surface area contributed by atoms with Crippen LogP contribution in [0.5, 0.6) is 0 Å². The zero-order valence-electron chi connectivity index (χ0n) is 18.4. The number of thiophene rings is 1. The topological polar surface area (TPSA) is 96.2 Å². The number of rotatable bonds is 3. The van der Waals surface area contributed by atoms with E-state index in [-0.39, 0.29) is 0 Å². The number of hydrogen-bond acceptors (Lipinski definition) is 7. The fraction of sp³-hybridized carbons (Fsp3) is 0.478. The standard InChI is InChI=1S/C18H17N3OS.C4H10O.CH4O/c1-11-13(6-7-22)16(12-8-19-10-20-9-12)17-14-4-2-3-5-15(14)23-18(17)21-11;1-4(2,3)5;1-2/h7-10H,2-6H2,1H3;5H,1-3H3;2H,1H3. The van der Waals surface area contributed by atoms with E-state index in [9.17, 15) is 4.79 Å². The summed E-state index contributed by atoms with van der Waals surface area (Å²) >= 11 is 1.81. The van der Waals surface area contributed by atoms with Crippen LogP contribution in [0.25, 0.3) is 21.3 Å². The first-order valence-electron chi connectivity index (χ1n) is 10.1. The van der Waals surface area contributed by atoms with E-state index in [2.05, 4.69) is 9.97 Å². The molecule has 0 radical (unpaired) electrons. The molecule has 1 aliphatic carbocycles. The van der Waals surface area contributed by atoms with E-state index in [1.165, 1.54) is 35.0 Å². The highest BCUT2D eigenvalue weighted by molar-refractivity contribution is 7.19. The van der Waals surface area contributed by atoms with Crippen molar-refractivity contribution in [3.63, 3.8) is 0 Å². The fourth-order valence-corrected chi connectivity index (χ4v) is 4.84. The highest BCUT2D eigenvalue weighted by atomic mass is 32.1. The molecule has 2 N–H and O–H groups in total. The minimum Gasteiger partial charge on any atom is -0.400 e. The second-order valence-electron chi connectivity index (χ2n) is 8.11. The average molecular weight is 430 g/mol. The number of aryl methyl sites for hydroxylation is 3. The Labute approximate surface area is 182 Å². The van der Waals surface area contributed by atoms with Crippen molar-refractivity contribution in [1.29, 1.82) is 0 Å². The molecule has 4 rings (SSSR count). The maximum absolute atomic E-state index is 11.2. The summed E-state index contributed by atoms with van der Waals surface area (Å²) in [5, 5.41) is 16.7. The number of pyridine rings is 1. The molecular formula is C23H31N3O3S.